The van der Waals surface area contributed by atoms with E-state index in [1.165, 1.54) is 0 Å². The molecule has 8 nitrogen and oxygen atoms in total. The number of carbonyl (C=O) groups excluding carboxylic acids is 2. The quantitative estimate of drug-likeness (QED) is 0.206. The first-order valence-corrected chi connectivity index (χ1v) is 13.5. The Morgan fingerprint density at radius 1 is 0.878 bits per heavy atom. The van der Waals surface area contributed by atoms with Gasteiger partial charge in [0.25, 0.3) is 0 Å². The first-order valence-electron chi connectivity index (χ1n) is 13.5. The maximum absolute atomic E-state index is 13.8. The Bertz CT molecular complexity index is 1670. The lowest BCUT2D eigenvalue weighted by molar-refractivity contribution is -0.131. The summed E-state index contributed by atoms with van der Waals surface area (Å²) in [5, 5.41) is 8.88. The normalized spacial score (nSPS) is 11.7. The van der Waals surface area contributed by atoms with Crippen molar-refractivity contribution in [3.05, 3.63) is 102 Å². The predicted molar refractivity (Wildman–Crippen MR) is 163 cm³/mol. The largest absolute Gasteiger partial charge is 0.493 e. The zero-order valence-corrected chi connectivity index (χ0v) is 23.4. The Kier molecular flexibility index (Phi) is 8.39. The third-order valence-corrected chi connectivity index (χ3v) is 7.30. The molecule has 8 heteroatoms. The number of fused-ring (bicyclic) bond motifs is 2. The molecule has 0 aliphatic carbocycles. The summed E-state index contributed by atoms with van der Waals surface area (Å²) in [6.07, 6.45) is 2.86. The lowest BCUT2D eigenvalue weighted by atomic mass is 10.0. The number of amides is 3. The van der Waals surface area contributed by atoms with Crippen molar-refractivity contribution in [2.24, 2.45) is 0 Å². The van der Waals surface area contributed by atoms with Gasteiger partial charge in [0.05, 0.1) is 19.9 Å². The summed E-state index contributed by atoms with van der Waals surface area (Å²) in [4.78, 5) is 32.0. The maximum Gasteiger partial charge on any atom is 0.319 e. The number of rotatable bonds is 10. The van der Waals surface area contributed by atoms with Gasteiger partial charge in [0, 0.05) is 42.5 Å². The van der Waals surface area contributed by atoms with Gasteiger partial charge < -0.3 is 30.0 Å². The van der Waals surface area contributed by atoms with E-state index in [2.05, 4.69) is 15.6 Å². The molecule has 1 aromatic heterocycles. The van der Waals surface area contributed by atoms with Crippen LogP contribution in [0.25, 0.3) is 21.7 Å². The molecule has 1 unspecified atom stereocenters. The summed E-state index contributed by atoms with van der Waals surface area (Å²) >= 11 is 0. The molecule has 1 heterocycles. The number of anilines is 1. The molecule has 0 saturated heterocycles. The van der Waals surface area contributed by atoms with Gasteiger partial charge >= 0.3 is 6.03 Å². The fourth-order valence-corrected chi connectivity index (χ4v) is 5.08. The number of aromatic nitrogens is 1. The SMILES string of the molecule is COc1ccc(CCN(C)C(=O)C(Cc2c[nH]c3ccccc23)NC(=O)Nc2cccc3ccccc23)cc1OC. The number of ether oxygens (including phenoxy) is 2. The molecule has 1 atom stereocenters. The van der Waals surface area contributed by atoms with Gasteiger partial charge in [-0.05, 0) is 47.2 Å². The lowest BCUT2D eigenvalue weighted by Gasteiger charge is -2.25. The fraction of sp³-hybridized carbons (Fsp3) is 0.212. The number of nitrogens with one attached hydrogen (secondary N) is 3. The van der Waals surface area contributed by atoms with E-state index in [9.17, 15) is 9.59 Å². The Balaban J connectivity index is 1.34. The Hall–Kier alpha value is -4.98. The van der Waals surface area contributed by atoms with E-state index in [1.54, 1.807) is 26.2 Å². The summed E-state index contributed by atoms with van der Waals surface area (Å²) < 4.78 is 10.8. The van der Waals surface area contributed by atoms with Gasteiger partial charge in [0.15, 0.2) is 11.5 Å². The zero-order chi connectivity index (χ0) is 28.8. The third-order valence-electron chi connectivity index (χ3n) is 7.30. The molecule has 3 amide bonds. The molecule has 210 valence electrons. The van der Waals surface area contributed by atoms with Crippen molar-refractivity contribution in [3.8, 4) is 11.5 Å². The number of benzene rings is 4. The molecule has 5 rings (SSSR count). The number of carbonyl (C=O) groups is 2. The molecule has 3 N–H and O–H groups in total. The van der Waals surface area contributed by atoms with Gasteiger partial charge in [-0.15, -0.1) is 0 Å². The summed E-state index contributed by atoms with van der Waals surface area (Å²) in [5.41, 5.74) is 3.63. The van der Waals surface area contributed by atoms with Crippen molar-refractivity contribution in [1.29, 1.82) is 0 Å². The lowest BCUT2D eigenvalue weighted by Crippen LogP contribution is -2.50. The summed E-state index contributed by atoms with van der Waals surface area (Å²) in [5.74, 6) is 1.12. The molecule has 0 spiro atoms. The molecular formula is C33H34N4O4. The standard InChI is InChI=1S/C33H34N4O4/c1-37(18-17-22-15-16-30(40-2)31(19-22)41-3)32(38)29(20-24-21-34-27-13-7-6-12-26(24)27)36-33(39)35-28-14-8-10-23-9-4-5-11-25(23)28/h4-16,19,21,29,34H,17-18,20H2,1-3H3,(H2,35,36,39). The van der Waals surface area contributed by atoms with Crippen LogP contribution in [0, 0.1) is 0 Å². The van der Waals surface area contributed by atoms with Gasteiger partial charge in [0.2, 0.25) is 5.91 Å². The minimum absolute atomic E-state index is 0.177. The Morgan fingerprint density at radius 2 is 1.61 bits per heavy atom. The topological polar surface area (TPSA) is 95.7 Å². The Morgan fingerprint density at radius 3 is 2.41 bits per heavy atom. The van der Waals surface area contributed by atoms with Crippen LogP contribution in [0.1, 0.15) is 11.1 Å². The van der Waals surface area contributed by atoms with Gasteiger partial charge in [-0.25, -0.2) is 4.79 Å². The Labute approximate surface area is 239 Å². The van der Waals surface area contributed by atoms with E-state index >= 15 is 0 Å². The van der Waals surface area contributed by atoms with Crippen molar-refractivity contribution in [1.82, 2.24) is 15.2 Å². The highest BCUT2D eigenvalue weighted by Crippen LogP contribution is 2.28. The van der Waals surface area contributed by atoms with E-state index in [1.807, 2.05) is 91.1 Å². The van der Waals surface area contributed by atoms with E-state index < -0.39 is 12.1 Å². The first kappa shape index (κ1) is 27.6. The minimum Gasteiger partial charge on any atom is -0.493 e. The number of H-pyrrole nitrogens is 1. The number of urea groups is 1. The van der Waals surface area contributed by atoms with E-state index in [4.69, 9.17) is 9.47 Å². The molecule has 0 radical (unpaired) electrons. The van der Waals surface area contributed by atoms with Crippen molar-refractivity contribution >= 4 is 39.3 Å². The molecule has 0 aliphatic rings. The van der Waals surface area contributed by atoms with Crippen molar-refractivity contribution in [3.63, 3.8) is 0 Å². The van der Waals surface area contributed by atoms with Gasteiger partial charge in [-0.3, -0.25) is 4.79 Å². The number of hydrogen-bond acceptors (Lipinski definition) is 4. The average Bonchev–Trinajstić information content (AvgIpc) is 3.41. The van der Waals surface area contributed by atoms with Crippen molar-refractivity contribution in [2.45, 2.75) is 18.9 Å². The second-order valence-electron chi connectivity index (χ2n) is 9.94. The van der Waals surface area contributed by atoms with Gasteiger partial charge in [0.1, 0.15) is 6.04 Å². The van der Waals surface area contributed by atoms with Crippen LogP contribution in [0.2, 0.25) is 0 Å². The highest BCUT2D eigenvalue weighted by Gasteiger charge is 2.26. The van der Waals surface area contributed by atoms with E-state index in [0.717, 1.165) is 32.8 Å². The van der Waals surface area contributed by atoms with Crippen LogP contribution < -0.4 is 20.1 Å². The highest BCUT2D eigenvalue weighted by molar-refractivity contribution is 6.02. The fourth-order valence-electron chi connectivity index (χ4n) is 5.08. The van der Waals surface area contributed by atoms with Crippen molar-refractivity contribution in [2.75, 3.05) is 33.1 Å². The van der Waals surface area contributed by atoms with Crippen LogP contribution >= 0.6 is 0 Å². The molecule has 0 fully saturated rings. The number of hydrogen-bond donors (Lipinski definition) is 3. The van der Waals surface area contributed by atoms with Crippen LogP contribution in [-0.4, -0.2) is 55.7 Å². The number of nitrogens with zero attached hydrogens (tertiary/aromatic N) is 1. The van der Waals surface area contributed by atoms with E-state index in [-0.39, 0.29) is 5.91 Å². The number of aromatic amines is 1. The summed E-state index contributed by atoms with van der Waals surface area (Å²) in [6, 6.07) is 26.0. The highest BCUT2D eigenvalue weighted by atomic mass is 16.5. The monoisotopic (exact) mass is 550 g/mol. The van der Waals surface area contributed by atoms with Crippen LogP contribution in [0.5, 0.6) is 11.5 Å². The molecule has 0 bridgehead atoms. The van der Waals surface area contributed by atoms with Crippen LogP contribution in [0.3, 0.4) is 0 Å². The maximum atomic E-state index is 13.8. The summed E-state index contributed by atoms with van der Waals surface area (Å²) in [6.45, 7) is 0.464. The van der Waals surface area contributed by atoms with Crippen molar-refractivity contribution < 1.29 is 19.1 Å². The second-order valence-corrected chi connectivity index (χ2v) is 9.94. The minimum atomic E-state index is -0.778. The number of para-hydroxylation sites is 1. The first-order chi connectivity index (χ1) is 20.0. The molecule has 0 saturated carbocycles. The zero-order valence-electron chi connectivity index (χ0n) is 23.4. The molecule has 0 aliphatic heterocycles. The number of likely N-dealkylation sites (N-methyl/N-ethyl adjacent to an activating group) is 1. The third kappa shape index (κ3) is 6.27. The molecular weight excluding hydrogens is 516 g/mol. The summed E-state index contributed by atoms with van der Waals surface area (Å²) in [7, 11) is 4.96. The smallest absolute Gasteiger partial charge is 0.319 e. The van der Waals surface area contributed by atoms with Gasteiger partial charge in [-0.2, -0.15) is 0 Å². The van der Waals surface area contributed by atoms with Crippen LogP contribution in [-0.2, 0) is 17.6 Å². The molecule has 5 aromatic rings. The average molecular weight is 551 g/mol. The second kappa shape index (κ2) is 12.5. The predicted octanol–water partition coefficient (Wildman–Crippen LogP) is 5.77. The molecule has 4 aromatic carbocycles. The van der Waals surface area contributed by atoms with Crippen LogP contribution in [0.4, 0.5) is 10.5 Å². The van der Waals surface area contributed by atoms with Gasteiger partial charge in [-0.1, -0.05) is 60.7 Å². The molecule has 41 heavy (non-hydrogen) atoms. The van der Waals surface area contributed by atoms with Crippen LogP contribution in [0.15, 0.2) is 91.1 Å². The van der Waals surface area contributed by atoms with E-state index in [0.29, 0.717) is 36.6 Å². The number of methoxy groups -OCH3 is 2.